The monoisotopic (exact) mass is 274 g/mol. The SMILES string of the molecule is Cc1n[nH]c(C)c1NC(=O)c1ccc(C#CCN)s1. The molecule has 0 aliphatic heterocycles. The summed E-state index contributed by atoms with van der Waals surface area (Å²) in [5, 5.41) is 9.71. The minimum atomic E-state index is -0.154. The van der Waals surface area contributed by atoms with E-state index in [0.29, 0.717) is 11.4 Å². The fraction of sp³-hybridized carbons (Fsp3) is 0.231. The molecule has 2 heterocycles. The zero-order valence-electron chi connectivity index (χ0n) is 10.7. The molecule has 0 saturated carbocycles. The first-order chi connectivity index (χ1) is 9.11. The highest BCUT2D eigenvalue weighted by Gasteiger charge is 2.13. The van der Waals surface area contributed by atoms with Gasteiger partial charge in [-0.25, -0.2) is 0 Å². The van der Waals surface area contributed by atoms with E-state index >= 15 is 0 Å². The van der Waals surface area contributed by atoms with Crippen LogP contribution in [0.5, 0.6) is 0 Å². The highest BCUT2D eigenvalue weighted by molar-refractivity contribution is 7.14. The highest BCUT2D eigenvalue weighted by Crippen LogP contribution is 2.20. The molecule has 0 aliphatic carbocycles. The van der Waals surface area contributed by atoms with Crippen LogP contribution >= 0.6 is 11.3 Å². The Kier molecular flexibility index (Phi) is 4.00. The largest absolute Gasteiger partial charge is 0.320 e. The van der Waals surface area contributed by atoms with Gasteiger partial charge in [0.25, 0.3) is 5.91 Å². The number of carbonyl (C=O) groups is 1. The molecule has 2 aromatic rings. The van der Waals surface area contributed by atoms with Crippen molar-refractivity contribution in [2.24, 2.45) is 5.73 Å². The zero-order valence-corrected chi connectivity index (χ0v) is 11.5. The first kappa shape index (κ1) is 13.3. The van der Waals surface area contributed by atoms with Gasteiger partial charge in [0, 0.05) is 0 Å². The number of rotatable bonds is 2. The number of H-pyrrole nitrogens is 1. The van der Waals surface area contributed by atoms with Crippen LogP contribution in [0.15, 0.2) is 12.1 Å². The molecule has 0 fully saturated rings. The first-order valence-electron chi connectivity index (χ1n) is 5.73. The van der Waals surface area contributed by atoms with E-state index in [1.54, 1.807) is 6.07 Å². The van der Waals surface area contributed by atoms with Crippen molar-refractivity contribution in [1.82, 2.24) is 10.2 Å². The predicted molar refractivity (Wildman–Crippen MR) is 76.3 cm³/mol. The molecule has 0 atom stereocenters. The topological polar surface area (TPSA) is 83.8 Å². The average Bonchev–Trinajstić information content (AvgIpc) is 2.98. The van der Waals surface area contributed by atoms with E-state index in [0.717, 1.165) is 22.0 Å². The lowest BCUT2D eigenvalue weighted by molar-refractivity contribution is 0.103. The van der Waals surface area contributed by atoms with Crippen LogP contribution in [0.4, 0.5) is 5.69 Å². The second kappa shape index (κ2) is 5.69. The number of aromatic nitrogens is 2. The third-order valence-corrected chi connectivity index (χ3v) is 3.51. The van der Waals surface area contributed by atoms with Gasteiger partial charge in [-0.05, 0) is 26.0 Å². The summed E-state index contributed by atoms with van der Waals surface area (Å²) in [6.45, 7) is 4.01. The van der Waals surface area contributed by atoms with Crippen LogP contribution in [-0.4, -0.2) is 22.6 Å². The van der Waals surface area contributed by atoms with Crippen molar-refractivity contribution < 1.29 is 4.79 Å². The van der Waals surface area contributed by atoms with Gasteiger partial charge < -0.3 is 11.1 Å². The number of carbonyl (C=O) groups excluding carboxylic acids is 1. The van der Waals surface area contributed by atoms with Crippen molar-refractivity contribution in [1.29, 1.82) is 0 Å². The molecular formula is C13H14N4OS. The summed E-state index contributed by atoms with van der Waals surface area (Å²) in [7, 11) is 0. The normalized spacial score (nSPS) is 9.84. The van der Waals surface area contributed by atoms with Crippen molar-refractivity contribution in [2.75, 3.05) is 11.9 Å². The lowest BCUT2D eigenvalue weighted by Gasteiger charge is -2.02. The molecule has 1 amide bonds. The number of thiophene rings is 1. The van der Waals surface area contributed by atoms with Gasteiger partial charge in [-0.1, -0.05) is 11.8 Å². The fourth-order valence-corrected chi connectivity index (χ4v) is 2.35. The Hall–Kier alpha value is -2.10. The molecule has 5 nitrogen and oxygen atoms in total. The van der Waals surface area contributed by atoms with Gasteiger partial charge >= 0.3 is 0 Å². The van der Waals surface area contributed by atoms with E-state index in [1.165, 1.54) is 11.3 Å². The molecule has 2 aromatic heterocycles. The van der Waals surface area contributed by atoms with Crippen LogP contribution in [0.25, 0.3) is 0 Å². The zero-order chi connectivity index (χ0) is 13.8. The van der Waals surface area contributed by atoms with Crippen LogP contribution in [0, 0.1) is 25.7 Å². The molecule has 0 radical (unpaired) electrons. The Bertz CT molecular complexity index is 640. The molecule has 0 unspecified atom stereocenters. The molecule has 19 heavy (non-hydrogen) atoms. The third-order valence-electron chi connectivity index (χ3n) is 2.51. The molecule has 0 bridgehead atoms. The van der Waals surface area contributed by atoms with Crippen molar-refractivity contribution in [3.05, 3.63) is 33.3 Å². The van der Waals surface area contributed by atoms with Crippen molar-refractivity contribution in [3.8, 4) is 11.8 Å². The molecule has 98 valence electrons. The van der Waals surface area contributed by atoms with Crippen LogP contribution < -0.4 is 11.1 Å². The molecule has 0 aliphatic rings. The summed E-state index contributed by atoms with van der Waals surface area (Å²) < 4.78 is 0. The summed E-state index contributed by atoms with van der Waals surface area (Å²) in [6.07, 6.45) is 0. The van der Waals surface area contributed by atoms with Gasteiger partial charge in [0.05, 0.1) is 33.4 Å². The predicted octanol–water partition coefficient (Wildman–Crippen LogP) is 1.65. The highest BCUT2D eigenvalue weighted by atomic mass is 32.1. The van der Waals surface area contributed by atoms with Crippen LogP contribution in [0.2, 0.25) is 0 Å². The number of amides is 1. The lowest BCUT2D eigenvalue weighted by Crippen LogP contribution is -2.11. The molecule has 0 saturated heterocycles. The minimum absolute atomic E-state index is 0.154. The number of hydrogen-bond donors (Lipinski definition) is 3. The smallest absolute Gasteiger partial charge is 0.265 e. The summed E-state index contributed by atoms with van der Waals surface area (Å²) in [5.74, 6) is 5.51. The van der Waals surface area contributed by atoms with E-state index in [-0.39, 0.29) is 5.91 Å². The van der Waals surface area contributed by atoms with E-state index < -0.39 is 0 Å². The number of nitrogens with zero attached hydrogens (tertiary/aromatic N) is 1. The fourth-order valence-electron chi connectivity index (χ4n) is 1.58. The summed E-state index contributed by atoms with van der Waals surface area (Å²) >= 11 is 1.34. The Balaban J connectivity index is 2.14. The Labute approximate surface area is 115 Å². The number of hydrogen-bond acceptors (Lipinski definition) is 4. The van der Waals surface area contributed by atoms with Gasteiger partial charge in [-0.3, -0.25) is 9.89 Å². The van der Waals surface area contributed by atoms with Crippen molar-refractivity contribution in [2.45, 2.75) is 13.8 Å². The Morgan fingerprint density at radius 1 is 1.53 bits per heavy atom. The molecule has 6 heteroatoms. The molecule has 0 spiro atoms. The number of nitrogens with one attached hydrogen (secondary N) is 2. The quantitative estimate of drug-likeness (QED) is 0.728. The lowest BCUT2D eigenvalue weighted by atomic mass is 10.3. The van der Waals surface area contributed by atoms with Gasteiger partial charge in [-0.15, -0.1) is 11.3 Å². The molecular weight excluding hydrogens is 260 g/mol. The molecule has 0 aromatic carbocycles. The van der Waals surface area contributed by atoms with Gasteiger partial charge in [0.2, 0.25) is 0 Å². The van der Waals surface area contributed by atoms with E-state index in [2.05, 4.69) is 27.4 Å². The van der Waals surface area contributed by atoms with Crippen LogP contribution in [0.1, 0.15) is 25.9 Å². The maximum Gasteiger partial charge on any atom is 0.265 e. The summed E-state index contributed by atoms with van der Waals surface area (Å²) in [6, 6.07) is 3.57. The maximum atomic E-state index is 12.1. The third kappa shape index (κ3) is 3.02. The number of anilines is 1. The number of aryl methyl sites for hydroxylation is 2. The van der Waals surface area contributed by atoms with E-state index in [9.17, 15) is 4.79 Å². The average molecular weight is 274 g/mol. The maximum absolute atomic E-state index is 12.1. The van der Waals surface area contributed by atoms with Gasteiger partial charge in [0.1, 0.15) is 0 Å². The standard InChI is InChI=1S/C13H14N4OS/c1-8-12(9(2)17-16-8)15-13(18)11-6-5-10(19-11)4-3-7-14/h5-6H,7,14H2,1-2H3,(H,15,18)(H,16,17). The molecule has 4 N–H and O–H groups in total. The Morgan fingerprint density at radius 2 is 2.32 bits per heavy atom. The van der Waals surface area contributed by atoms with E-state index in [1.807, 2.05) is 19.9 Å². The first-order valence-corrected chi connectivity index (χ1v) is 6.55. The summed E-state index contributed by atoms with van der Waals surface area (Å²) in [4.78, 5) is 13.5. The minimum Gasteiger partial charge on any atom is -0.320 e. The second-order valence-electron chi connectivity index (χ2n) is 3.93. The van der Waals surface area contributed by atoms with Crippen LogP contribution in [0.3, 0.4) is 0 Å². The number of nitrogens with two attached hydrogens (primary N) is 1. The van der Waals surface area contributed by atoms with E-state index in [4.69, 9.17) is 5.73 Å². The van der Waals surface area contributed by atoms with Crippen molar-refractivity contribution in [3.63, 3.8) is 0 Å². The van der Waals surface area contributed by atoms with Gasteiger partial charge in [0.15, 0.2) is 0 Å². The van der Waals surface area contributed by atoms with Crippen LogP contribution in [-0.2, 0) is 0 Å². The Morgan fingerprint density at radius 3 is 2.95 bits per heavy atom. The second-order valence-corrected chi connectivity index (χ2v) is 5.02. The molecule has 2 rings (SSSR count). The summed E-state index contributed by atoms with van der Waals surface area (Å²) in [5.41, 5.74) is 7.65. The van der Waals surface area contributed by atoms with Gasteiger partial charge in [-0.2, -0.15) is 5.10 Å². The number of aromatic amines is 1. The van der Waals surface area contributed by atoms with Crippen molar-refractivity contribution >= 4 is 22.9 Å².